The highest BCUT2D eigenvalue weighted by Crippen LogP contribution is 2.34. The number of benzene rings is 1. The van der Waals surface area contributed by atoms with Crippen LogP contribution in [0.2, 0.25) is 0 Å². The Morgan fingerprint density at radius 3 is 2.17 bits per heavy atom. The van der Waals surface area contributed by atoms with Gasteiger partial charge in [-0.25, -0.2) is 37.1 Å². The van der Waals surface area contributed by atoms with Gasteiger partial charge >= 0.3 is 12.4 Å². The fourth-order valence-electron chi connectivity index (χ4n) is 4.06. The van der Waals surface area contributed by atoms with Gasteiger partial charge in [0.15, 0.2) is 0 Å². The van der Waals surface area contributed by atoms with Crippen LogP contribution in [0.25, 0.3) is 11.3 Å². The lowest BCUT2D eigenvalue weighted by atomic mass is 10.1. The fraction of sp³-hybridized carbons (Fsp3) is 0.348. The maximum atomic E-state index is 14.6. The molecule has 3 aromatic rings. The van der Waals surface area contributed by atoms with Gasteiger partial charge in [0.05, 0.1) is 28.9 Å². The first kappa shape index (κ1) is 30.2. The van der Waals surface area contributed by atoms with Crippen molar-refractivity contribution in [3.05, 3.63) is 65.9 Å². The number of carbonyl (C=O) groups is 1. The number of amides is 1. The monoisotopic (exact) mass is 612 g/mol. The molecule has 1 aliphatic rings. The van der Waals surface area contributed by atoms with E-state index in [0.717, 1.165) is 30.3 Å². The van der Waals surface area contributed by atoms with Crippen LogP contribution in [0.15, 0.2) is 47.6 Å². The number of sulfonamides is 1. The van der Waals surface area contributed by atoms with Crippen molar-refractivity contribution in [2.75, 3.05) is 0 Å². The summed E-state index contributed by atoms with van der Waals surface area (Å²) in [5, 5.41) is 2.22. The third-order valence-corrected chi connectivity index (χ3v) is 8.06. The molecule has 1 fully saturated rings. The lowest BCUT2D eigenvalue weighted by Gasteiger charge is -2.26. The Morgan fingerprint density at radius 2 is 1.61 bits per heavy atom. The van der Waals surface area contributed by atoms with Crippen molar-refractivity contribution < 1.29 is 49.8 Å². The van der Waals surface area contributed by atoms with E-state index in [4.69, 9.17) is 0 Å². The summed E-state index contributed by atoms with van der Waals surface area (Å²) < 4.78 is 133. The van der Waals surface area contributed by atoms with Gasteiger partial charge in [-0.2, -0.15) is 30.6 Å². The topological polar surface area (TPSA) is 118 Å². The molecule has 0 bridgehead atoms. The predicted molar refractivity (Wildman–Crippen MR) is 125 cm³/mol. The number of carbonyl (C=O) groups excluding carboxylic acids is 1. The van der Waals surface area contributed by atoms with Crippen molar-refractivity contribution >= 4 is 15.9 Å². The Bertz CT molecular complexity index is 1540. The van der Waals surface area contributed by atoms with E-state index in [2.05, 4.69) is 25.3 Å². The molecule has 222 valence electrons. The molecule has 1 N–H and O–H groups in total. The van der Waals surface area contributed by atoms with E-state index in [-0.39, 0.29) is 6.99 Å². The highest BCUT2D eigenvalue weighted by molar-refractivity contribution is 7.89. The van der Waals surface area contributed by atoms with Gasteiger partial charge in [-0.1, -0.05) is 0 Å². The van der Waals surface area contributed by atoms with Crippen LogP contribution in [0.4, 0.5) is 35.1 Å². The molecule has 0 unspecified atom stereocenters. The average molecular weight is 613 g/mol. The number of aromatic nitrogens is 4. The molecule has 0 aliphatic carbocycles. The van der Waals surface area contributed by atoms with E-state index in [9.17, 15) is 48.3 Å². The van der Waals surface area contributed by atoms with Crippen molar-refractivity contribution in [1.82, 2.24) is 29.6 Å². The predicted octanol–water partition coefficient (Wildman–Crippen LogP) is 4.16. The molecule has 1 saturated heterocycles. The molecular weight excluding hydrogens is 592 g/mol. The van der Waals surface area contributed by atoms with E-state index >= 15 is 0 Å². The summed E-state index contributed by atoms with van der Waals surface area (Å²) in [5.41, 5.74) is -1.28. The zero-order valence-corrected chi connectivity index (χ0v) is 21.4. The van der Waals surface area contributed by atoms with Crippen LogP contribution in [0.5, 0.6) is 0 Å². The second-order valence-corrected chi connectivity index (χ2v) is 10.7. The van der Waals surface area contributed by atoms with Crippen molar-refractivity contribution in [2.24, 2.45) is 0 Å². The van der Waals surface area contributed by atoms with Gasteiger partial charge in [0.25, 0.3) is 0 Å². The van der Waals surface area contributed by atoms with Crippen LogP contribution in [-0.2, 0) is 33.7 Å². The fourth-order valence-corrected chi connectivity index (χ4v) is 5.87. The SMILES string of the molecule is C[C@H]1[C@H](F)C[C@@H](C(=O)NCc2cc(-c3cnc(C(F)(F)F)nc3)nc(C(F)(F)F)n2)N1S(=O)(=O)c1ccc(F)cc1.[HH]. The number of hydrogen-bond donors (Lipinski definition) is 1. The minimum Gasteiger partial charge on any atom is -0.349 e. The van der Waals surface area contributed by atoms with E-state index in [0.29, 0.717) is 16.7 Å². The maximum Gasteiger partial charge on any atom is 0.451 e. The first-order valence-electron chi connectivity index (χ1n) is 11.5. The van der Waals surface area contributed by atoms with Crippen LogP contribution >= 0.6 is 0 Å². The van der Waals surface area contributed by atoms with Crippen LogP contribution in [-0.4, -0.2) is 56.8 Å². The normalized spacial score (nSPS) is 20.3. The third-order valence-electron chi connectivity index (χ3n) is 6.05. The van der Waals surface area contributed by atoms with Crippen LogP contribution in [0.3, 0.4) is 0 Å². The Balaban J connectivity index is 0.00000484. The summed E-state index contributed by atoms with van der Waals surface area (Å²) in [5.74, 6) is -5.01. The minimum atomic E-state index is -5.09. The molecule has 0 radical (unpaired) electrons. The second-order valence-electron chi connectivity index (χ2n) is 8.87. The van der Waals surface area contributed by atoms with Gasteiger partial charge in [0.2, 0.25) is 27.6 Å². The Kier molecular flexibility index (Phi) is 8.01. The van der Waals surface area contributed by atoms with Crippen molar-refractivity contribution in [1.29, 1.82) is 0 Å². The molecule has 3 heterocycles. The highest BCUT2D eigenvalue weighted by Gasteiger charge is 2.49. The summed E-state index contributed by atoms with van der Waals surface area (Å²) in [6.07, 6.45) is -11.1. The number of rotatable bonds is 6. The standard InChI is InChI=1S/C23H18F8N6O3S.H2/c1-11-16(25)7-18(37(11)41(39,40)15-4-2-13(24)3-5-15)19(38)32-10-14-6-17(36-21(35-14)23(29,30)31)12-8-33-20(34-9-12)22(26,27)28;/h2-6,8-9,11,16,18H,7,10H2,1H3,(H,32,38);1H/t11-,16+,18-;/m0./s1. The molecule has 1 aliphatic heterocycles. The van der Waals surface area contributed by atoms with Gasteiger partial charge in [-0.3, -0.25) is 4.79 Å². The molecule has 0 saturated carbocycles. The number of halogens is 8. The van der Waals surface area contributed by atoms with Crippen LogP contribution in [0, 0.1) is 5.82 Å². The number of nitrogens with zero attached hydrogens (tertiary/aromatic N) is 5. The highest BCUT2D eigenvalue weighted by atomic mass is 32.2. The van der Waals surface area contributed by atoms with Crippen molar-refractivity contribution in [2.45, 2.75) is 55.4 Å². The van der Waals surface area contributed by atoms with Gasteiger partial charge in [0.1, 0.15) is 18.0 Å². The number of hydrogen-bond acceptors (Lipinski definition) is 7. The van der Waals surface area contributed by atoms with E-state index in [1.807, 2.05) is 0 Å². The maximum absolute atomic E-state index is 14.6. The molecular formula is C23H20F8N6O3S. The summed E-state index contributed by atoms with van der Waals surface area (Å²) in [6.45, 7) is 0.503. The third kappa shape index (κ3) is 6.42. The molecule has 3 atom stereocenters. The van der Waals surface area contributed by atoms with Gasteiger partial charge in [-0.15, -0.1) is 0 Å². The quantitative estimate of drug-likeness (QED) is 0.416. The first-order valence-corrected chi connectivity index (χ1v) is 13.0. The molecule has 1 amide bonds. The van der Waals surface area contributed by atoms with E-state index in [1.54, 1.807) is 0 Å². The summed E-state index contributed by atoms with van der Waals surface area (Å²) in [4.78, 5) is 25.4. The molecule has 2 aromatic heterocycles. The van der Waals surface area contributed by atoms with Gasteiger partial charge in [-0.05, 0) is 37.3 Å². The average Bonchev–Trinajstić information content (AvgIpc) is 3.21. The largest absolute Gasteiger partial charge is 0.451 e. The van der Waals surface area contributed by atoms with E-state index in [1.165, 1.54) is 6.92 Å². The van der Waals surface area contributed by atoms with Gasteiger partial charge < -0.3 is 5.32 Å². The minimum absolute atomic E-state index is 0. The Hall–Kier alpha value is -3.80. The Labute approximate surface area is 228 Å². The number of alkyl halides is 7. The van der Waals surface area contributed by atoms with Crippen LogP contribution < -0.4 is 5.32 Å². The zero-order valence-electron chi connectivity index (χ0n) is 20.6. The molecule has 18 heteroatoms. The molecule has 1 aromatic carbocycles. The first-order chi connectivity index (χ1) is 19.0. The molecule has 9 nitrogen and oxygen atoms in total. The molecule has 41 heavy (non-hydrogen) atoms. The number of nitrogens with one attached hydrogen (secondary N) is 1. The van der Waals surface area contributed by atoms with Crippen molar-refractivity contribution in [3.8, 4) is 11.3 Å². The van der Waals surface area contributed by atoms with Crippen LogP contribution in [0.1, 0.15) is 32.1 Å². The van der Waals surface area contributed by atoms with Crippen molar-refractivity contribution in [3.63, 3.8) is 0 Å². The smallest absolute Gasteiger partial charge is 0.349 e. The van der Waals surface area contributed by atoms with E-state index < -0.39 is 93.3 Å². The lowest BCUT2D eigenvalue weighted by molar-refractivity contribution is -0.145. The lowest BCUT2D eigenvalue weighted by Crippen LogP contribution is -2.48. The summed E-state index contributed by atoms with van der Waals surface area (Å²) in [6, 6.07) is 1.62. The summed E-state index contributed by atoms with van der Waals surface area (Å²) in [7, 11) is -4.50. The Morgan fingerprint density at radius 1 is 1.02 bits per heavy atom. The summed E-state index contributed by atoms with van der Waals surface area (Å²) >= 11 is 0. The van der Waals surface area contributed by atoms with Gasteiger partial charge in [0, 0.05) is 25.8 Å². The second kappa shape index (κ2) is 10.9. The molecule has 0 spiro atoms. The molecule has 4 rings (SSSR count). The zero-order chi connectivity index (χ0) is 30.3.